The molecule has 2 rings (SSSR count). The lowest BCUT2D eigenvalue weighted by Gasteiger charge is -2.18. The molecule has 7 heteroatoms. The second kappa shape index (κ2) is 7.99. The van der Waals surface area contributed by atoms with Crippen LogP contribution in [0.3, 0.4) is 0 Å². The molecule has 2 amide bonds. The average Bonchev–Trinajstić information content (AvgIpc) is 2.56. The number of benzene rings is 1. The Hall–Kier alpha value is -3.22. The highest BCUT2D eigenvalue weighted by Gasteiger charge is 2.19. The Bertz CT molecular complexity index is 898. The number of hydrogen-bond donors (Lipinski definition) is 2. The van der Waals surface area contributed by atoms with Crippen LogP contribution in [0.25, 0.3) is 0 Å². The van der Waals surface area contributed by atoms with Crippen molar-refractivity contribution in [2.45, 2.75) is 27.7 Å². The van der Waals surface area contributed by atoms with Crippen molar-refractivity contribution in [2.75, 3.05) is 18.9 Å². The van der Waals surface area contributed by atoms with Gasteiger partial charge in [0.25, 0.3) is 5.91 Å². The maximum atomic E-state index is 12.5. The Balaban J connectivity index is 2.09. The number of anilines is 1. The number of amides is 2. The standard InChI is InChI=1S/C20H23N3O4/c1-11-8-12(2)18(13(3)9-11)22-17(24)10-23(5)19(25)16-7-6-15(20(26)27)14(4)21-16/h6-9H,10H2,1-5H3,(H,22,24)(H,26,27). The van der Waals surface area contributed by atoms with Gasteiger partial charge in [-0.3, -0.25) is 9.59 Å². The number of nitrogens with one attached hydrogen (secondary N) is 1. The van der Waals surface area contributed by atoms with Crippen molar-refractivity contribution < 1.29 is 19.5 Å². The fraction of sp³-hybridized carbons (Fsp3) is 0.300. The van der Waals surface area contributed by atoms with Crippen LogP contribution in [0.5, 0.6) is 0 Å². The van der Waals surface area contributed by atoms with Crippen LogP contribution in [0, 0.1) is 27.7 Å². The summed E-state index contributed by atoms with van der Waals surface area (Å²) < 4.78 is 0. The third-order valence-corrected chi connectivity index (χ3v) is 4.20. The third kappa shape index (κ3) is 4.69. The van der Waals surface area contributed by atoms with E-state index in [9.17, 15) is 14.4 Å². The molecule has 1 heterocycles. The van der Waals surface area contributed by atoms with Crippen molar-refractivity contribution in [3.63, 3.8) is 0 Å². The number of rotatable bonds is 5. The number of pyridine rings is 1. The van der Waals surface area contributed by atoms with E-state index in [1.165, 1.54) is 31.0 Å². The summed E-state index contributed by atoms with van der Waals surface area (Å²) in [5, 5.41) is 11.9. The van der Waals surface area contributed by atoms with Crippen LogP contribution in [0.15, 0.2) is 24.3 Å². The highest BCUT2D eigenvalue weighted by Crippen LogP contribution is 2.21. The number of aryl methyl sites for hydroxylation is 4. The minimum atomic E-state index is -1.10. The van der Waals surface area contributed by atoms with Gasteiger partial charge in [0, 0.05) is 12.7 Å². The van der Waals surface area contributed by atoms with Gasteiger partial charge in [0.05, 0.1) is 17.8 Å². The molecule has 0 saturated heterocycles. The lowest BCUT2D eigenvalue weighted by Crippen LogP contribution is -2.35. The van der Waals surface area contributed by atoms with E-state index >= 15 is 0 Å². The molecule has 0 aliphatic heterocycles. The molecule has 27 heavy (non-hydrogen) atoms. The molecule has 1 aromatic heterocycles. The molecule has 1 aromatic carbocycles. The quantitative estimate of drug-likeness (QED) is 0.844. The fourth-order valence-electron chi connectivity index (χ4n) is 2.95. The Kier molecular flexibility index (Phi) is 5.95. The lowest BCUT2D eigenvalue weighted by molar-refractivity contribution is -0.116. The van der Waals surface area contributed by atoms with Crippen LogP contribution in [0.4, 0.5) is 5.69 Å². The van der Waals surface area contributed by atoms with E-state index in [1.807, 2.05) is 32.9 Å². The first-order valence-corrected chi connectivity index (χ1v) is 8.44. The highest BCUT2D eigenvalue weighted by molar-refractivity contribution is 5.99. The molecule has 0 aliphatic carbocycles. The predicted molar refractivity (Wildman–Crippen MR) is 102 cm³/mol. The molecule has 0 aliphatic rings. The van der Waals surface area contributed by atoms with Gasteiger partial charge in [-0.1, -0.05) is 17.7 Å². The average molecular weight is 369 g/mol. The van der Waals surface area contributed by atoms with Crippen molar-refractivity contribution in [3.05, 3.63) is 57.9 Å². The molecule has 0 radical (unpaired) electrons. The topological polar surface area (TPSA) is 99.6 Å². The van der Waals surface area contributed by atoms with Crippen LogP contribution in [-0.2, 0) is 4.79 Å². The van der Waals surface area contributed by atoms with Gasteiger partial charge >= 0.3 is 5.97 Å². The number of nitrogens with zero attached hydrogens (tertiary/aromatic N) is 2. The first-order chi connectivity index (χ1) is 12.6. The Morgan fingerprint density at radius 1 is 1.07 bits per heavy atom. The Labute approximate surface area is 158 Å². The van der Waals surface area contributed by atoms with E-state index in [-0.39, 0.29) is 29.4 Å². The zero-order chi connectivity index (χ0) is 20.3. The molecular weight excluding hydrogens is 346 g/mol. The van der Waals surface area contributed by atoms with Gasteiger partial charge < -0.3 is 15.3 Å². The molecule has 0 fully saturated rings. The van der Waals surface area contributed by atoms with Crippen molar-refractivity contribution in [2.24, 2.45) is 0 Å². The fourth-order valence-corrected chi connectivity index (χ4v) is 2.95. The highest BCUT2D eigenvalue weighted by atomic mass is 16.4. The van der Waals surface area contributed by atoms with Crippen molar-refractivity contribution in [1.82, 2.24) is 9.88 Å². The second-order valence-corrected chi connectivity index (χ2v) is 6.62. The van der Waals surface area contributed by atoms with Crippen molar-refractivity contribution >= 4 is 23.5 Å². The Morgan fingerprint density at radius 2 is 1.67 bits per heavy atom. The summed E-state index contributed by atoms with van der Waals surface area (Å²) in [6, 6.07) is 6.65. The minimum Gasteiger partial charge on any atom is -0.478 e. The minimum absolute atomic E-state index is 0.0391. The predicted octanol–water partition coefficient (Wildman–Crippen LogP) is 2.72. The summed E-state index contributed by atoms with van der Waals surface area (Å²) in [5.41, 5.74) is 4.14. The first kappa shape index (κ1) is 20.1. The van der Waals surface area contributed by atoms with E-state index in [1.54, 1.807) is 0 Å². The number of aromatic nitrogens is 1. The maximum Gasteiger partial charge on any atom is 0.337 e. The van der Waals surface area contributed by atoms with Gasteiger partial charge in [-0.2, -0.15) is 0 Å². The van der Waals surface area contributed by atoms with E-state index in [2.05, 4.69) is 10.3 Å². The first-order valence-electron chi connectivity index (χ1n) is 8.44. The molecule has 0 bridgehead atoms. The number of carbonyl (C=O) groups is 3. The summed E-state index contributed by atoms with van der Waals surface area (Å²) in [6.45, 7) is 7.20. The van der Waals surface area contributed by atoms with Crippen LogP contribution in [-0.4, -0.2) is 46.4 Å². The van der Waals surface area contributed by atoms with Gasteiger partial charge in [-0.25, -0.2) is 9.78 Å². The van der Waals surface area contributed by atoms with Crippen molar-refractivity contribution in [3.8, 4) is 0 Å². The number of carbonyl (C=O) groups excluding carboxylic acids is 2. The van der Waals surface area contributed by atoms with Crippen LogP contribution < -0.4 is 5.32 Å². The number of carboxylic acid groups (broad SMARTS) is 1. The molecule has 0 saturated carbocycles. The monoisotopic (exact) mass is 369 g/mol. The molecule has 0 spiro atoms. The van der Waals surface area contributed by atoms with Gasteiger partial charge in [0.15, 0.2) is 0 Å². The smallest absolute Gasteiger partial charge is 0.337 e. The van der Waals surface area contributed by atoms with Gasteiger partial charge in [-0.15, -0.1) is 0 Å². The summed E-state index contributed by atoms with van der Waals surface area (Å²) in [5.74, 6) is -1.88. The van der Waals surface area contributed by atoms with Crippen molar-refractivity contribution in [1.29, 1.82) is 0 Å². The lowest BCUT2D eigenvalue weighted by atomic mass is 10.1. The summed E-state index contributed by atoms with van der Waals surface area (Å²) in [7, 11) is 1.50. The van der Waals surface area contributed by atoms with E-state index in [0.29, 0.717) is 0 Å². The van der Waals surface area contributed by atoms with Crippen LogP contribution in [0.2, 0.25) is 0 Å². The van der Waals surface area contributed by atoms with Gasteiger partial charge in [-0.05, 0) is 51.0 Å². The molecule has 7 nitrogen and oxygen atoms in total. The van der Waals surface area contributed by atoms with Gasteiger partial charge in [0.1, 0.15) is 5.69 Å². The molecule has 0 atom stereocenters. The van der Waals surface area contributed by atoms with E-state index in [4.69, 9.17) is 5.11 Å². The summed E-state index contributed by atoms with van der Waals surface area (Å²) in [4.78, 5) is 41.2. The molecule has 2 aromatic rings. The third-order valence-electron chi connectivity index (χ3n) is 4.20. The molecular formula is C20H23N3O4. The normalized spacial score (nSPS) is 10.4. The summed E-state index contributed by atoms with van der Waals surface area (Å²) >= 11 is 0. The largest absolute Gasteiger partial charge is 0.478 e. The van der Waals surface area contributed by atoms with Crippen LogP contribution in [0.1, 0.15) is 43.2 Å². The van der Waals surface area contributed by atoms with E-state index < -0.39 is 11.9 Å². The molecule has 2 N–H and O–H groups in total. The number of aromatic carboxylic acids is 1. The number of likely N-dealkylation sites (N-methyl/N-ethyl adjacent to an activating group) is 1. The molecule has 0 unspecified atom stereocenters. The molecule has 142 valence electrons. The van der Waals surface area contributed by atoms with E-state index in [0.717, 1.165) is 22.4 Å². The van der Waals surface area contributed by atoms with Crippen LogP contribution >= 0.6 is 0 Å². The Morgan fingerprint density at radius 3 is 2.19 bits per heavy atom. The van der Waals surface area contributed by atoms with Gasteiger partial charge in [0.2, 0.25) is 5.91 Å². The second-order valence-electron chi connectivity index (χ2n) is 6.62. The number of carboxylic acids is 1. The SMILES string of the molecule is Cc1cc(C)c(NC(=O)CN(C)C(=O)c2ccc(C(=O)O)c(C)n2)c(C)c1. The number of hydrogen-bond acceptors (Lipinski definition) is 4. The zero-order valence-corrected chi connectivity index (χ0v) is 16.1. The summed E-state index contributed by atoms with van der Waals surface area (Å²) in [6.07, 6.45) is 0. The zero-order valence-electron chi connectivity index (χ0n) is 16.1. The maximum absolute atomic E-state index is 12.5.